The molecule has 0 N–H and O–H groups in total. The monoisotopic (exact) mass is 276 g/mol. The van der Waals surface area contributed by atoms with Crippen molar-refractivity contribution < 1.29 is 0 Å². The predicted molar refractivity (Wildman–Crippen MR) is 91.9 cm³/mol. The summed E-state index contributed by atoms with van der Waals surface area (Å²) in [5.74, 6) is 0.764. The van der Waals surface area contributed by atoms with Gasteiger partial charge in [-0.1, -0.05) is 91.9 Å². The second kappa shape index (κ2) is 6.96. The van der Waals surface area contributed by atoms with E-state index in [-0.39, 0.29) is 5.41 Å². The Hall–Kier alpha value is -0.520. The van der Waals surface area contributed by atoms with Crippen molar-refractivity contribution in [1.82, 2.24) is 0 Å². The first-order valence-electron chi connectivity index (χ1n) is 8.58. The van der Waals surface area contributed by atoms with Gasteiger partial charge in [0.1, 0.15) is 0 Å². The van der Waals surface area contributed by atoms with Gasteiger partial charge in [-0.15, -0.1) is 0 Å². The molecule has 0 saturated heterocycles. The molecule has 1 unspecified atom stereocenters. The fourth-order valence-corrected chi connectivity index (χ4v) is 2.90. The van der Waals surface area contributed by atoms with Gasteiger partial charge in [0, 0.05) is 0 Å². The van der Waals surface area contributed by atoms with Crippen molar-refractivity contribution in [3.05, 3.63) is 23.3 Å². The average molecular weight is 277 g/mol. The van der Waals surface area contributed by atoms with E-state index >= 15 is 0 Å². The van der Waals surface area contributed by atoms with Gasteiger partial charge in [-0.25, -0.2) is 0 Å². The highest BCUT2D eigenvalue weighted by molar-refractivity contribution is 5.35. The van der Waals surface area contributed by atoms with Crippen LogP contribution in [0.25, 0.3) is 0 Å². The molecule has 0 aromatic carbocycles. The van der Waals surface area contributed by atoms with E-state index < -0.39 is 0 Å². The van der Waals surface area contributed by atoms with Crippen LogP contribution < -0.4 is 0 Å². The van der Waals surface area contributed by atoms with Gasteiger partial charge in [0.25, 0.3) is 0 Å². The van der Waals surface area contributed by atoms with Crippen LogP contribution in [0.1, 0.15) is 87.0 Å². The third-order valence-electron chi connectivity index (χ3n) is 4.48. The van der Waals surface area contributed by atoms with Crippen LogP contribution in [0.3, 0.4) is 0 Å². The molecule has 0 spiro atoms. The Morgan fingerprint density at radius 2 is 1.60 bits per heavy atom. The molecule has 20 heavy (non-hydrogen) atoms. The van der Waals surface area contributed by atoms with E-state index in [2.05, 4.69) is 60.6 Å². The van der Waals surface area contributed by atoms with E-state index in [4.69, 9.17) is 0 Å². The zero-order chi connectivity index (χ0) is 15.4. The zero-order valence-corrected chi connectivity index (χ0v) is 15.0. The molecule has 0 heterocycles. The second-order valence-electron chi connectivity index (χ2n) is 8.61. The summed E-state index contributed by atoms with van der Waals surface area (Å²) in [6.07, 6.45) is 13.2. The standard InChI is InChI=1S/C20H36/c1-8-9-10-11-12-16-13-17(19(2,3)4)15-18(14-16)20(5,6)7/h13,15-16H,8-12,14H2,1-7H3. The van der Waals surface area contributed by atoms with E-state index in [0.717, 1.165) is 5.92 Å². The summed E-state index contributed by atoms with van der Waals surface area (Å²) in [6, 6.07) is 0. The van der Waals surface area contributed by atoms with Crippen LogP contribution in [0.2, 0.25) is 0 Å². The molecular formula is C20H36. The normalized spacial score (nSPS) is 20.6. The lowest BCUT2D eigenvalue weighted by Crippen LogP contribution is -2.20. The van der Waals surface area contributed by atoms with Gasteiger partial charge in [0.15, 0.2) is 0 Å². The Bertz CT molecular complexity index is 354. The van der Waals surface area contributed by atoms with Gasteiger partial charge in [-0.3, -0.25) is 0 Å². The topological polar surface area (TPSA) is 0 Å². The maximum absolute atomic E-state index is 2.57. The molecule has 0 aromatic heterocycles. The summed E-state index contributed by atoms with van der Waals surface area (Å²) >= 11 is 0. The minimum Gasteiger partial charge on any atom is -0.0773 e. The Morgan fingerprint density at radius 3 is 2.10 bits per heavy atom. The highest BCUT2D eigenvalue weighted by Crippen LogP contribution is 2.41. The van der Waals surface area contributed by atoms with Gasteiger partial charge in [0.2, 0.25) is 0 Å². The van der Waals surface area contributed by atoms with Crippen LogP contribution in [0.4, 0.5) is 0 Å². The van der Waals surface area contributed by atoms with Crippen LogP contribution in [0, 0.1) is 16.7 Å². The highest BCUT2D eigenvalue weighted by atomic mass is 14.3. The first-order chi connectivity index (χ1) is 9.14. The molecule has 0 aromatic rings. The summed E-state index contributed by atoms with van der Waals surface area (Å²) in [5.41, 5.74) is 3.78. The number of hydrogen-bond acceptors (Lipinski definition) is 0. The summed E-state index contributed by atoms with van der Waals surface area (Å²) in [5, 5.41) is 0. The number of allylic oxidation sites excluding steroid dienone is 4. The van der Waals surface area contributed by atoms with Gasteiger partial charge < -0.3 is 0 Å². The molecule has 0 aliphatic heterocycles. The third kappa shape index (κ3) is 5.46. The molecular weight excluding hydrogens is 240 g/mol. The van der Waals surface area contributed by atoms with Gasteiger partial charge in [0.05, 0.1) is 0 Å². The number of hydrogen-bond donors (Lipinski definition) is 0. The molecule has 0 radical (unpaired) electrons. The van der Waals surface area contributed by atoms with Crippen molar-refractivity contribution in [2.45, 2.75) is 87.0 Å². The SMILES string of the molecule is CCCCCCC1C=C(C(C)(C)C)C=C(C(C)(C)C)C1. The molecule has 1 atom stereocenters. The van der Waals surface area contributed by atoms with E-state index in [1.54, 1.807) is 11.1 Å². The Labute approximate surface area is 127 Å². The van der Waals surface area contributed by atoms with Crippen molar-refractivity contribution >= 4 is 0 Å². The third-order valence-corrected chi connectivity index (χ3v) is 4.48. The maximum Gasteiger partial charge on any atom is -0.0135 e. The first-order valence-corrected chi connectivity index (χ1v) is 8.58. The molecule has 116 valence electrons. The highest BCUT2D eigenvalue weighted by Gasteiger charge is 2.27. The first kappa shape index (κ1) is 17.5. The molecule has 1 aliphatic carbocycles. The van der Waals surface area contributed by atoms with Gasteiger partial charge in [-0.2, -0.15) is 0 Å². The van der Waals surface area contributed by atoms with Crippen LogP contribution in [-0.2, 0) is 0 Å². The number of rotatable bonds is 5. The van der Waals surface area contributed by atoms with E-state index in [9.17, 15) is 0 Å². The number of unbranched alkanes of at least 4 members (excludes halogenated alkanes) is 3. The summed E-state index contributed by atoms with van der Waals surface area (Å²) in [4.78, 5) is 0. The zero-order valence-electron chi connectivity index (χ0n) is 15.0. The molecule has 0 amide bonds. The van der Waals surface area contributed by atoms with Crippen LogP contribution >= 0.6 is 0 Å². The van der Waals surface area contributed by atoms with E-state index in [1.807, 2.05) is 0 Å². The quantitative estimate of drug-likeness (QED) is 0.478. The Kier molecular flexibility index (Phi) is 6.10. The molecule has 0 nitrogen and oxygen atoms in total. The van der Waals surface area contributed by atoms with Crippen LogP contribution in [0.15, 0.2) is 23.3 Å². The minimum absolute atomic E-state index is 0.276. The lowest BCUT2D eigenvalue weighted by molar-refractivity contribution is 0.416. The molecule has 0 saturated carbocycles. The lowest BCUT2D eigenvalue weighted by Gasteiger charge is -2.34. The molecule has 1 aliphatic rings. The van der Waals surface area contributed by atoms with Gasteiger partial charge in [-0.05, 0) is 35.2 Å². The van der Waals surface area contributed by atoms with E-state index in [0.29, 0.717) is 5.41 Å². The molecule has 0 heteroatoms. The Balaban J connectivity index is 2.79. The van der Waals surface area contributed by atoms with Crippen LogP contribution in [-0.4, -0.2) is 0 Å². The summed E-state index contributed by atoms with van der Waals surface area (Å²) in [7, 11) is 0. The lowest BCUT2D eigenvalue weighted by atomic mass is 9.71. The molecule has 0 fully saturated rings. The predicted octanol–water partition coefficient (Wildman–Crippen LogP) is 6.92. The largest absolute Gasteiger partial charge is 0.0773 e. The second-order valence-corrected chi connectivity index (χ2v) is 8.61. The summed E-state index contributed by atoms with van der Waals surface area (Å²) in [6.45, 7) is 16.4. The van der Waals surface area contributed by atoms with Crippen molar-refractivity contribution in [3.63, 3.8) is 0 Å². The average Bonchev–Trinajstić information content (AvgIpc) is 2.32. The smallest absolute Gasteiger partial charge is 0.0135 e. The van der Waals surface area contributed by atoms with Crippen LogP contribution in [0.5, 0.6) is 0 Å². The molecule has 0 bridgehead atoms. The molecule has 1 rings (SSSR count). The fraction of sp³-hybridized carbons (Fsp3) is 0.800. The van der Waals surface area contributed by atoms with E-state index in [1.165, 1.54) is 38.5 Å². The van der Waals surface area contributed by atoms with Crippen molar-refractivity contribution in [3.8, 4) is 0 Å². The Morgan fingerprint density at radius 1 is 0.950 bits per heavy atom. The fourth-order valence-electron chi connectivity index (χ4n) is 2.90. The van der Waals surface area contributed by atoms with Crippen molar-refractivity contribution in [2.75, 3.05) is 0 Å². The van der Waals surface area contributed by atoms with Crippen molar-refractivity contribution in [2.24, 2.45) is 16.7 Å². The van der Waals surface area contributed by atoms with Crippen molar-refractivity contribution in [1.29, 1.82) is 0 Å². The summed E-state index contributed by atoms with van der Waals surface area (Å²) < 4.78 is 0. The maximum atomic E-state index is 2.57. The van der Waals surface area contributed by atoms with Gasteiger partial charge >= 0.3 is 0 Å². The minimum atomic E-state index is 0.276.